The van der Waals surface area contributed by atoms with Gasteiger partial charge in [-0.05, 0) is 80.4 Å². The van der Waals surface area contributed by atoms with Crippen molar-refractivity contribution in [2.24, 2.45) is 9.98 Å². The molecule has 0 spiro atoms. The summed E-state index contributed by atoms with van der Waals surface area (Å²) in [6.07, 6.45) is -0.591. The van der Waals surface area contributed by atoms with Gasteiger partial charge in [-0.3, -0.25) is 4.57 Å². The fraction of sp³-hybridized carbons (Fsp3) is 0.0145. The Hall–Kier alpha value is -9.84. The maximum atomic E-state index is 5.66. The smallest absolute Gasteiger partial charge is 0.204 e. The zero-order chi connectivity index (χ0) is 49.0. The summed E-state index contributed by atoms with van der Waals surface area (Å²) < 4.78 is 4.94. The van der Waals surface area contributed by atoms with Crippen LogP contribution in [0.5, 0.6) is 0 Å². The fourth-order valence-corrected chi connectivity index (χ4v) is 11.2. The Morgan fingerprint density at radius 1 is 0.324 bits per heavy atom. The van der Waals surface area contributed by atoms with Gasteiger partial charge in [0.1, 0.15) is 5.84 Å². The topological polar surface area (TPSA) is 46.6 Å². The van der Waals surface area contributed by atoms with Gasteiger partial charge in [-0.15, -0.1) is 0 Å². The Bertz CT molecular complexity index is 4300. The molecule has 1 N–H and O–H groups in total. The molecule has 1 aliphatic heterocycles. The van der Waals surface area contributed by atoms with Crippen molar-refractivity contribution in [1.82, 2.24) is 14.5 Å². The second-order valence-corrected chi connectivity index (χ2v) is 18.9. The highest BCUT2D eigenvalue weighted by Gasteiger charge is 2.29. The molecule has 0 aliphatic carbocycles. The first-order valence-corrected chi connectivity index (χ1v) is 25.3. The summed E-state index contributed by atoms with van der Waals surface area (Å²) in [6, 6.07) is 97.9. The Balaban J connectivity index is 1.03. The molecule has 2 aromatic heterocycles. The van der Waals surface area contributed by atoms with Crippen molar-refractivity contribution in [3.8, 4) is 61.3 Å². The highest BCUT2D eigenvalue weighted by Crippen LogP contribution is 2.46. The molecular weight excluding hydrogens is 899 g/mol. The molecule has 0 saturated heterocycles. The van der Waals surface area contributed by atoms with E-state index in [9.17, 15) is 0 Å². The number of hydrogen-bond acceptors (Lipinski definition) is 3. The van der Waals surface area contributed by atoms with Crippen LogP contribution in [0.4, 0.5) is 0 Å². The van der Waals surface area contributed by atoms with Crippen LogP contribution in [0.2, 0.25) is 0 Å². The van der Waals surface area contributed by atoms with E-state index in [0.717, 1.165) is 99.8 Å². The van der Waals surface area contributed by atoms with E-state index in [2.05, 4.69) is 287 Å². The van der Waals surface area contributed by atoms with E-state index in [1.807, 2.05) is 0 Å². The number of aromatic nitrogens is 2. The minimum atomic E-state index is -0.591. The summed E-state index contributed by atoms with van der Waals surface area (Å²) in [5.74, 6) is 1.41. The van der Waals surface area contributed by atoms with E-state index in [0.29, 0.717) is 5.84 Å². The molecule has 348 valence electrons. The van der Waals surface area contributed by atoms with Gasteiger partial charge >= 0.3 is 0 Å². The van der Waals surface area contributed by atoms with Gasteiger partial charge in [-0.25, -0.2) is 9.98 Å². The zero-order valence-electron chi connectivity index (χ0n) is 40.3. The van der Waals surface area contributed by atoms with Gasteiger partial charge < -0.3 is 9.88 Å². The van der Waals surface area contributed by atoms with Crippen molar-refractivity contribution in [3.05, 3.63) is 284 Å². The number of hydrogen-bond donors (Lipinski definition) is 1. The normalized spacial score (nSPS) is 13.5. The van der Waals surface area contributed by atoms with Crippen molar-refractivity contribution in [2.45, 2.75) is 6.29 Å². The molecule has 74 heavy (non-hydrogen) atoms. The fourth-order valence-electron chi connectivity index (χ4n) is 11.2. The van der Waals surface area contributed by atoms with Crippen LogP contribution in [0.1, 0.15) is 17.4 Å². The second kappa shape index (κ2) is 18.1. The van der Waals surface area contributed by atoms with Gasteiger partial charge in [0.25, 0.3) is 0 Å². The SMILES string of the molecule is c1ccc(-c2ccc(C3=NC(c4cccc(-c5ccccc5)c4)=NC(n4c5ccccc5c5ccc6c7ccccc7n(-c7cccc(-c8cccc(-c9ccccc9)c8)c7-c7ccccc7)c6c54)N3)cc2)cc1. The summed E-state index contributed by atoms with van der Waals surface area (Å²) >= 11 is 0. The quantitative estimate of drug-likeness (QED) is 0.154. The average molecular weight is 946 g/mol. The highest BCUT2D eigenvalue weighted by atomic mass is 15.3. The second-order valence-electron chi connectivity index (χ2n) is 18.9. The third-order valence-corrected chi connectivity index (χ3v) is 14.6. The summed E-state index contributed by atoms with van der Waals surface area (Å²) in [6.45, 7) is 0. The van der Waals surface area contributed by atoms with E-state index >= 15 is 0 Å². The van der Waals surface area contributed by atoms with Crippen LogP contribution in [-0.4, -0.2) is 20.8 Å². The third-order valence-electron chi connectivity index (χ3n) is 14.6. The van der Waals surface area contributed by atoms with Gasteiger partial charge in [0.2, 0.25) is 6.29 Å². The zero-order valence-corrected chi connectivity index (χ0v) is 40.3. The van der Waals surface area contributed by atoms with Crippen molar-refractivity contribution in [1.29, 1.82) is 0 Å². The molecule has 14 rings (SSSR count). The van der Waals surface area contributed by atoms with Crippen molar-refractivity contribution >= 4 is 55.3 Å². The summed E-state index contributed by atoms with van der Waals surface area (Å²) in [4.78, 5) is 11.0. The first kappa shape index (κ1) is 43.0. The Morgan fingerprint density at radius 3 is 1.43 bits per heavy atom. The molecule has 5 heteroatoms. The van der Waals surface area contributed by atoms with E-state index < -0.39 is 6.29 Å². The standard InChI is InChI=1S/C69H47N5/c1-5-20-46(21-6-1)49-38-40-51(41-39-49)67-70-68(55-31-18-29-53(45-55)48-24-9-3-10-25-48)72-69(71-67)74-62-36-16-14-33-58(62)60-43-42-59-57-32-13-15-35-61(57)73(65(59)66(60)74)63-37-19-34-56(64(63)50-26-11-4-12-27-50)54-30-17-28-52(44-54)47-22-7-2-8-23-47/h1-45,69H,(H,70,71,72). The van der Waals surface area contributed by atoms with Crippen LogP contribution in [0.15, 0.2) is 283 Å². The average Bonchev–Trinajstić information content (AvgIpc) is 4.01. The van der Waals surface area contributed by atoms with Crippen LogP contribution < -0.4 is 5.32 Å². The molecule has 1 unspecified atom stereocenters. The van der Waals surface area contributed by atoms with Crippen LogP contribution in [-0.2, 0) is 0 Å². The monoisotopic (exact) mass is 945 g/mol. The van der Waals surface area contributed by atoms with Crippen molar-refractivity contribution in [2.75, 3.05) is 0 Å². The number of nitrogens with one attached hydrogen (secondary N) is 1. The molecule has 0 amide bonds. The summed E-state index contributed by atoms with van der Waals surface area (Å²) in [7, 11) is 0. The maximum absolute atomic E-state index is 5.66. The molecule has 0 saturated carbocycles. The number of rotatable bonds is 9. The minimum Gasteiger partial charge on any atom is -0.331 e. The Morgan fingerprint density at radius 2 is 0.784 bits per heavy atom. The van der Waals surface area contributed by atoms with Crippen LogP contribution >= 0.6 is 0 Å². The number of benzene rings is 11. The maximum Gasteiger partial charge on any atom is 0.204 e. The number of para-hydroxylation sites is 2. The van der Waals surface area contributed by atoms with Gasteiger partial charge in [0, 0.05) is 38.2 Å². The number of nitrogens with zero attached hydrogens (tertiary/aromatic N) is 4. The van der Waals surface area contributed by atoms with Gasteiger partial charge in [0.05, 0.1) is 27.8 Å². The predicted octanol–water partition coefficient (Wildman–Crippen LogP) is 17.2. The van der Waals surface area contributed by atoms with Crippen LogP contribution in [0, 0.1) is 0 Å². The number of fused-ring (bicyclic) bond motifs is 7. The van der Waals surface area contributed by atoms with Gasteiger partial charge in [-0.1, -0.05) is 243 Å². The van der Waals surface area contributed by atoms with Crippen LogP contribution in [0.3, 0.4) is 0 Å². The predicted molar refractivity (Wildman–Crippen MR) is 309 cm³/mol. The third kappa shape index (κ3) is 7.41. The first-order chi connectivity index (χ1) is 36.7. The summed E-state index contributed by atoms with van der Waals surface area (Å²) in [5, 5.41) is 8.55. The first-order valence-electron chi connectivity index (χ1n) is 25.3. The van der Waals surface area contributed by atoms with E-state index in [-0.39, 0.29) is 0 Å². The van der Waals surface area contributed by atoms with Gasteiger partial charge in [-0.2, -0.15) is 0 Å². The van der Waals surface area contributed by atoms with Crippen LogP contribution in [0.25, 0.3) is 105 Å². The molecule has 11 aromatic carbocycles. The lowest BCUT2D eigenvalue weighted by molar-refractivity contribution is 0.516. The van der Waals surface area contributed by atoms with Crippen molar-refractivity contribution in [3.63, 3.8) is 0 Å². The van der Waals surface area contributed by atoms with E-state index in [4.69, 9.17) is 9.98 Å². The lowest BCUT2D eigenvalue weighted by Crippen LogP contribution is -2.36. The molecule has 5 nitrogen and oxygen atoms in total. The van der Waals surface area contributed by atoms with Crippen molar-refractivity contribution < 1.29 is 0 Å². The Kier molecular flexibility index (Phi) is 10.5. The molecule has 13 aromatic rings. The molecular formula is C69H47N5. The largest absolute Gasteiger partial charge is 0.331 e. The number of aliphatic imine (C=N–C) groups is 2. The van der Waals surface area contributed by atoms with E-state index in [1.165, 1.54) is 22.1 Å². The molecule has 1 aliphatic rings. The molecule has 0 bridgehead atoms. The molecule has 0 fully saturated rings. The minimum absolute atomic E-state index is 0.591. The van der Waals surface area contributed by atoms with E-state index in [1.54, 1.807) is 0 Å². The molecule has 0 radical (unpaired) electrons. The molecule has 3 heterocycles. The summed E-state index contributed by atoms with van der Waals surface area (Å²) in [5.41, 5.74) is 18.9. The molecule has 1 atom stereocenters. The number of amidine groups is 2. The lowest BCUT2D eigenvalue weighted by Gasteiger charge is -2.26. The lowest BCUT2D eigenvalue weighted by atomic mass is 9.91. The highest BCUT2D eigenvalue weighted by molar-refractivity contribution is 6.24. The van der Waals surface area contributed by atoms with Gasteiger partial charge in [0.15, 0.2) is 5.84 Å². The Labute approximate surface area is 429 Å².